The molecule has 0 spiro atoms. The summed E-state index contributed by atoms with van der Waals surface area (Å²) < 4.78 is 0. The normalized spacial score (nSPS) is 12.0. The molecule has 0 aliphatic rings. The average Bonchev–Trinajstić information content (AvgIpc) is 3.06. The van der Waals surface area contributed by atoms with Gasteiger partial charge in [0, 0.05) is 6.21 Å². The van der Waals surface area contributed by atoms with E-state index in [0.717, 1.165) is 49.2 Å². The Hall–Kier alpha value is -3.00. The number of hydrogen-bond acceptors (Lipinski definition) is 2. The lowest BCUT2D eigenvalue weighted by atomic mass is 9.90. The van der Waals surface area contributed by atoms with Crippen LogP contribution in [0.3, 0.4) is 0 Å². The summed E-state index contributed by atoms with van der Waals surface area (Å²) in [4.78, 5) is 10.2. The summed E-state index contributed by atoms with van der Waals surface area (Å²) in [7, 11) is 0. The number of rotatable bonds is 21. The minimum Gasteiger partial charge on any atom is -0.255 e. The van der Waals surface area contributed by atoms with Gasteiger partial charge in [0.25, 0.3) is 0 Å². The topological polar surface area (TPSA) is 24.7 Å². The van der Waals surface area contributed by atoms with Crippen molar-refractivity contribution in [1.29, 1.82) is 0 Å². The number of unbranched alkanes of at least 4 members (excludes halogenated alkanes) is 10. The Morgan fingerprint density at radius 1 is 0.600 bits per heavy atom. The van der Waals surface area contributed by atoms with Crippen LogP contribution in [0.25, 0.3) is 11.1 Å². The maximum absolute atomic E-state index is 5.15. The fraction of sp³-hybridized carbons (Fsp3) is 0.535. The summed E-state index contributed by atoms with van der Waals surface area (Å²) in [5, 5.41) is 0. The third-order valence-electron chi connectivity index (χ3n) is 9.27. The van der Waals surface area contributed by atoms with Crippen LogP contribution < -0.4 is 0 Å². The molecule has 0 N–H and O–H groups in total. The Morgan fingerprint density at radius 2 is 1.16 bits per heavy atom. The molecule has 244 valence electrons. The van der Waals surface area contributed by atoms with E-state index >= 15 is 0 Å². The molecule has 0 radical (unpaired) electrons. The van der Waals surface area contributed by atoms with E-state index in [4.69, 9.17) is 9.98 Å². The van der Waals surface area contributed by atoms with E-state index < -0.39 is 0 Å². The molecule has 0 bridgehead atoms. The van der Waals surface area contributed by atoms with Crippen molar-refractivity contribution in [1.82, 2.24) is 0 Å². The van der Waals surface area contributed by atoms with E-state index in [1.807, 2.05) is 6.21 Å². The van der Waals surface area contributed by atoms with Crippen molar-refractivity contribution in [2.24, 2.45) is 9.98 Å². The predicted octanol–water partition coefficient (Wildman–Crippen LogP) is 13.5. The highest BCUT2D eigenvalue weighted by Crippen LogP contribution is 2.33. The van der Waals surface area contributed by atoms with Gasteiger partial charge in [-0.05, 0) is 115 Å². The summed E-state index contributed by atoms with van der Waals surface area (Å²) in [6.45, 7) is 13.6. The van der Waals surface area contributed by atoms with Gasteiger partial charge in [0.15, 0.2) is 0 Å². The Labute approximate surface area is 276 Å². The molecule has 0 saturated carbocycles. The maximum atomic E-state index is 5.15. The van der Waals surface area contributed by atoms with Gasteiger partial charge in [-0.3, -0.25) is 9.98 Å². The Balaban J connectivity index is 1.87. The molecule has 0 amide bonds. The smallest absolute Gasteiger partial charge is 0.0639 e. The second-order valence-electron chi connectivity index (χ2n) is 12.9. The first-order valence-electron chi connectivity index (χ1n) is 18.5. The van der Waals surface area contributed by atoms with E-state index in [0.29, 0.717) is 0 Å². The fourth-order valence-electron chi connectivity index (χ4n) is 6.67. The summed E-state index contributed by atoms with van der Waals surface area (Å²) >= 11 is 0. The molecule has 2 nitrogen and oxygen atoms in total. The van der Waals surface area contributed by atoms with E-state index in [2.05, 4.69) is 96.1 Å². The standard InChI is InChI=1S/C43H62N2/c1-7-12-14-16-18-21-27-36-31-40(29-34(6)41(36)10-4)45-38(9-3)33-44-39-30-37(28-22-19-17-15-13-8-2)42(11-5)43(32-39)35-25-23-20-24-26-35/h20,23-26,29-33H,7-19,21-22,27-28H2,1-6H3. The largest absolute Gasteiger partial charge is 0.255 e. The molecular formula is C43H62N2. The van der Waals surface area contributed by atoms with Gasteiger partial charge in [-0.15, -0.1) is 0 Å². The highest BCUT2D eigenvalue weighted by atomic mass is 14.8. The lowest BCUT2D eigenvalue weighted by molar-refractivity contribution is 0.606. The molecule has 0 heterocycles. The molecule has 3 aromatic rings. The van der Waals surface area contributed by atoms with Gasteiger partial charge in [-0.2, -0.15) is 0 Å². The van der Waals surface area contributed by atoms with Gasteiger partial charge < -0.3 is 0 Å². The van der Waals surface area contributed by atoms with Crippen LogP contribution in [0.2, 0.25) is 0 Å². The zero-order valence-corrected chi connectivity index (χ0v) is 29.7. The predicted molar refractivity (Wildman–Crippen MR) is 202 cm³/mol. The van der Waals surface area contributed by atoms with Crippen molar-refractivity contribution in [3.63, 3.8) is 0 Å². The maximum Gasteiger partial charge on any atom is 0.0639 e. The van der Waals surface area contributed by atoms with Crippen molar-refractivity contribution < 1.29 is 0 Å². The summed E-state index contributed by atoms with van der Waals surface area (Å²) in [6.07, 6.45) is 23.2. The highest BCUT2D eigenvalue weighted by Gasteiger charge is 2.12. The van der Waals surface area contributed by atoms with Crippen LogP contribution in [0, 0.1) is 6.92 Å². The number of hydrogen-bond donors (Lipinski definition) is 0. The van der Waals surface area contributed by atoms with Crippen molar-refractivity contribution >= 4 is 23.3 Å². The second-order valence-corrected chi connectivity index (χ2v) is 12.9. The molecule has 0 fully saturated rings. The third kappa shape index (κ3) is 12.0. The van der Waals surface area contributed by atoms with E-state index in [1.165, 1.54) is 116 Å². The van der Waals surface area contributed by atoms with Crippen LogP contribution in [-0.2, 0) is 25.7 Å². The molecule has 3 aromatic carbocycles. The fourth-order valence-corrected chi connectivity index (χ4v) is 6.67. The van der Waals surface area contributed by atoms with E-state index in [1.54, 1.807) is 0 Å². The minimum atomic E-state index is 0.855. The third-order valence-corrected chi connectivity index (χ3v) is 9.27. The van der Waals surface area contributed by atoms with Crippen molar-refractivity contribution in [2.75, 3.05) is 0 Å². The van der Waals surface area contributed by atoms with Gasteiger partial charge in [-0.25, -0.2) is 0 Å². The van der Waals surface area contributed by atoms with Crippen molar-refractivity contribution in [3.05, 3.63) is 82.4 Å². The van der Waals surface area contributed by atoms with Crippen molar-refractivity contribution in [3.8, 4) is 11.1 Å². The first kappa shape index (κ1) is 36.5. The second kappa shape index (κ2) is 20.9. The zero-order valence-electron chi connectivity index (χ0n) is 29.7. The van der Waals surface area contributed by atoms with Crippen LogP contribution in [0.1, 0.15) is 146 Å². The number of aliphatic imine (C=N–C) groups is 2. The minimum absolute atomic E-state index is 0.855. The monoisotopic (exact) mass is 606 g/mol. The molecule has 0 atom stereocenters. The molecule has 0 aromatic heterocycles. The van der Waals surface area contributed by atoms with Gasteiger partial charge in [-0.1, -0.05) is 129 Å². The summed E-state index contributed by atoms with van der Waals surface area (Å²) in [5.74, 6) is 0. The Morgan fingerprint density at radius 3 is 1.73 bits per heavy atom. The zero-order chi connectivity index (χ0) is 32.3. The molecule has 0 aliphatic heterocycles. The number of nitrogens with zero attached hydrogens (tertiary/aromatic N) is 2. The Kier molecular flexibility index (Phi) is 17.0. The lowest BCUT2D eigenvalue weighted by Gasteiger charge is -2.16. The average molecular weight is 607 g/mol. The molecule has 0 unspecified atom stereocenters. The first-order valence-corrected chi connectivity index (χ1v) is 18.5. The van der Waals surface area contributed by atoms with Crippen LogP contribution >= 0.6 is 0 Å². The quantitative estimate of drug-likeness (QED) is 0.0851. The number of aryl methyl sites for hydroxylation is 3. The van der Waals surface area contributed by atoms with Crippen molar-refractivity contribution in [2.45, 2.75) is 151 Å². The lowest BCUT2D eigenvalue weighted by Crippen LogP contribution is -2.00. The van der Waals surface area contributed by atoms with Crippen LogP contribution in [-0.4, -0.2) is 11.9 Å². The highest BCUT2D eigenvalue weighted by molar-refractivity contribution is 6.31. The van der Waals surface area contributed by atoms with E-state index in [-0.39, 0.29) is 0 Å². The van der Waals surface area contributed by atoms with Crippen LogP contribution in [0.15, 0.2) is 64.6 Å². The number of benzene rings is 3. The van der Waals surface area contributed by atoms with Crippen LogP contribution in [0.4, 0.5) is 11.4 Å². The van der Waals surface area contributed by atoms with Gasteiger partial charge >= 0.3 is 0 Å². The Bertz CT molecular complexity index is 1330. The van der Waals surface area contributed by atoms with Crippen LogP contribution in [0.5, 0.6) is 0 Å². The SMILES string of the molecule is CCCCCCCCc1cc(N=C(C=Nc2cc(CCCCCCCC)c(CC)c(-c3ccccc3)c2)CC)cc(C)c1CC. The van der Waals surface area contributed by atoms with Gasteiger partial charge in [0.2, 0.25) is 0 Å². The first-order chi connectivity index (χ1) is 22.0. The summed E-state index contributed by atoms with van der Waals surface area (Å²) in [5.41, 5.74) is 13.1. The molecule has 0 aliphatic carbocycles. The van der Waals surface area contributed by atoms with Gasteiger partial charge in [0.1, 0.15) is 0 Å². The molecule has 0 saturated heterocycles. The molecule has 45 heavy (non-hydrogen) atoms. The van der Waals surface area contributed by atoms with E-state index in [9.17, 15) is 0 Å². The van der Waals surface area contributed by atoms with Gasteiger partial charge in [0.05, 0.1) is 17.1 Å². The molecule has 3 rings (SSSR count). The molecular weight excluding hydrogens is 544 g/mol. The summed E-state index contributed by atoms with van der Waals surface area (Å²) in [6, 6.07) is 20.1. The molecule has 2 heteroatoms.